The molecule has 6 nitrogen and oxygen atoms in total. The molecule has 2 heterocycles. The number of carbonyl (C=O) groups excluding carboxylic acids is 1. The van der Waals surface area contributed by atoms with Crippen molar-refractivity contribution in [3.63, 3.8) is 0 Å². The Kier molecular flexibility index (Phi) is 5.00. The fraction of sp³-hybridized carbons (Fsp3) is 0.571. The number of piperidine rings is 1. The molecule has 0 atom stereocenters. The number of nitrogens with zero attached hydrogens (tertiary/aromatic N) is 3. The van der Waals surface area contributed by atoms with E-state index in [0.717, 1.165) is 32.5 Å². The highest BCUT2D eigenvalue weighted by Gasteiger charge is 2.45. The number of aryl methyl sites for hydroxylation is 2. The molecule has 1 N–H and O–H groups in total. The van der Waals surface area contributed by atoms with Gasteiger partial charge in [-0.15, -0.1) is 0 Å². The summed E-state index contributed by atoms with van der Waals surface area (Å²) in [5.74, 6) is 0.00516. The monoisotopic (exact) mass is 368 g/mol. The highest BCUT2D eigenvalue weighted by molar-refractivity contribution is 5.78. The molecule has 2 aliphatic rings. The third-order valence-electron chi connectivity index (χ3n) is 6.07. The maximum Gasteiger partial charge on any atom is 0.226 e. The van der Waals surface area contributed by atoms with E-state index in [1.165, 1.54) is 24.0 Å². The summed E-state index contributed by atoms with van der Waals surface area (Å²) in [5.41, 5.74) is 4.48. The van der Waals surface area contributed by atoms with Crippen molar-refractivity contribution in [2.24, 2.45) is 0 Å². The lowest BCUT2D eigenvalue weighted by atomic mass is 9.93. The summed E-state index contributed by atoms with van der Waals surface area (Å²) in [4.78, 5) is 14.8. The number of likely N-dealkylation sites (tertiary alicyclic amines) is 1. The number of hydrogen-bond acceptors (Lipinski definition) is 5. The quantitative estimate of drug-likeness (QED) is 0.848. The number of amides is 1. The van der Waals surface area contributed by atoms with E-state index in [1.54, 1.807) is 6.92 Å². The van der Waals surface area contributed by atoms with Crippen molar-refractivity contribution < 1.29 is 9.42 Å². The van der Waals surface area contributed by atoms with Crippen LogP contribution in [0.25, 0.3) is 0 Å². The van der Waals surface area contributed by atoms with Crippen molar-refractivity contribution in [3.05, 3.63) is 46.8 Å². The number of rotatable bonds is 6. The summed E-state index contributed by atoms with van der Waals surface area (Å²) in [5, 5.41) is 10.7. The highest BCUT2D eigenvalue weighted by Crippen LogP contribution is 2.49. The SMILES string of the molecule is Cc1ccc(C2(CN3CCC(NC(=O)Cc4nonc4C)CC3)CC2)cc1. The van der Waals surface area contributed by atoms with E-state index in [2.05, 4.69) is 56.3 Å². The Balaban J connectivity index is 1.25. The molecule has 1 amide bonds. The van der Waals surface area contributed by atoms with Gasteiger partial charge in [-0.1, -0.05) is 40.1 Å². The van der Waals surface area contributed by atoms with Crippen LogP contribution in [0.15, 0.2) is 28.9 Å². The van der Waals surface area contributed by atoms with Crippen LogP contribution < -0.4 is 5.32 Å². The van der Waals surface area contributed by atoms with E-state index < -0.39 is 0 Å². The van der Waals surface area contributed by atoms with E-state index >= 15 is 0 Å². The minimum Gasteiger partial charge on any atom is -0.353 e. The van der Waals surface area contributed by atoms with Crippen LogP contribution in [0.4, 0.5) is 0 Å². The van der Waals surface area contributed by atoms with Gasteiger partial charge < -0.3 is 10.2 Å². The Labute approximate surface area is 160 Å². The predicted molar refractivity (Wildman–Crippen MR) is 102 cm³/mol. The smallest absolute Gasteiger partial charge is 0.226 e. The van der Waals surface area contributed by atoms with Crippen molar-refractivity contribution in [2.75, 3.05) is 19.6 Å². The minimum absolute atomic E-state index is 0.00516. The van der Waals surface area contributed by atoms with Crippen molar-refractivity contribution in [3.8, 4) is 0 Å². The molecule has 27 heavy (non-hydrogen) atoms. The van der Waals surface area contributed by atoms with Gasteiger partial charge in [-0.2, -0.15) is 0 Å². The lowest BCUT2D eigenvalue weighted by Crippen LogP contribution is -2.46. The van der Waals surface area contributed by atoms with Gasteiger partial charge in [-0.25, -0.2) is 4.63 Å². The Hall–Kier alpha value is -2.21. The normalized spacial score (nSPS) is 19.8. The molecule has 2 fully saturated rings. The van der Waals surface area contributed by atoms with Gasteiger partial charge in [0, 0.05) is 31.1 Å². The van der Waals surface area contributed by atoms with Crippen LogP contribution in [-0.4, -0.2) is 46.8 Å². The lowest BCUT2D eigenvalue weighted by Gasteiger charge is -2.35. The molecule has 1 aliphatic heterocycles. The van der Waals surface area contributed by atoms with Gasteiger partial charge in [0.05, 0.1) is 6.42 Å². The maximum absolute atomic E-state index is 12.2. The molecule has 1 aliphatic carbocycles. The van der Waals surface area contributed by atoms with Crippen LogP contribution in [0.2, 0.25) is 0 Å². The number of aromatic nitrogens is 2. The van der Waals surface area contributed by atoms with Gasteiger partial charge in [0.1, 0.15) is 11.4 Å². The molecule has 144 valence electrons. The van der Waals surface area contributed by atoms with Gasteiger partial charge in [-0.3, -0.25) is 4.79 Å². The standard InChI is InChI=1S/C21H28N4O2/c1-15-3-5-17(6-4-15)21(9-10-21)14-25-11-7-18(8-12-25)22-20(26)13-19-16(2)23-27-24-19/h3-6,18H,7-14H2,1-2H3,(H,22,26). The van der Waals surface area contributed by atoms with Crippen LogP contribution in [0, 0.1) is 13.8 Å². The van der Waals surface area contributed by atoms with Gasteiger partial charge in [0.25, 0.3) is 0 Å². The molecule has 1 aromatic carbocycles. The molecule has 0 unspecified atom stereocenters. The first-order chi connectivity index (χ1) is 13.0. The zero-order chi connectivity index (χ0) is 18.9. The van der Waals surface area contributed by atoms with Gasteiger partial charge in [-0.05, 0) is 45.1 Å². The van der Waals surface area contributed by atoms with Crippen LogP contribution in [-0.2, 0) is 16.6 Å². The third kappa shape index (κ3) is 4.21. The molecule has 0 bridgehead atoms. The van der Waals surface area contributed by atoms with Gasteiger partial charge in [0.2, 0.25) is 5.91 Å². The van der Waals surface area contributed by atoms with E-state index in [9.17, 15) is 4.79 Å². The summed E-state index contributed by atoms with van der Waals surface area (Å²) in [6, 6.07) is 9.31. The lowest BCUT2D eigenvalue weighted by molar-refractivity contribution is -0.121. The first-order valence-corrected chi connectivity index (χ1v) is 9.91. The second-order valence-corrected chi connectivity index (χ2v) is 8.24. The molecule has 1 aromatic heterocycles. The number of carbonyl (C=O) groups is 1. The van der Waals surface area contributed by atoms with Crippen molar-refractivity contribution in [1.82, 2.24) is 20.5 Å². The van der Waals surface area contributed by atoms with Gasteiger partial charge in [0.15, 0.2) is 0 Å². The Bertz CT molecular complexity index is 787. The van der Waals surface area contributed by atoms with Crippen LogP contribution in [0.5, 0.6) is 0 Å². The molecular weight excluding hydrogens is 340 g/mol. The van der Waals surface area contributed by atoms with Crippen LogP contribution >= 0.6 is 0 Å². The summed E-state index contributed by atoms with van der Waals surface area (Å²) >= 11 is 0. The number of benzene rings is 1. The third-order valence-corrected chi connectivity index (χ3v) is 6.07. The first kappa shape index (κ1) is 18.2. The maximum atomic E-state index is 12.2. The second kappa shape index (κ2) is 7.43. The molecule has 2 aromatic rings. The fourth-order valence-corrected chi connectivity index (χ4v) is 4.10. The van der Waals surface area contributed by atoms with Crippen LogP contribution in [0.3, 0.4) is 0 Å². The average molecular weight is 368 g/mol. The zero-order valence-corrected chi connectivity index (χ0v) is 16.2. The highest BCUT2D eigenvalue weighted by atomic mass is 16.6. The molecule has 4 rings (SSSR count). The molecule has 0 spiro atoms. The van der Waals surface area contributed by atoms with E-state index in [0.29, 0.717) is 16.8 Å². The molecule has 0 radical (unpaired) electrons. The van der Waals surface area contributed by atoms with Crippen molar-refractivity contribution in [2.45, 2.75) is 57.4 Å². The Morgan fingerprint density at radius 1 is 1.19 bits per heavy atom. The summed E-state index contributed by atoms with van der Waals surface area (Å²) in [6.45, 7) is 7.18. The van der Waals surface area contributed by atoms with E-state index in [1.807, 2.05) is 0 Å². The van der Waals surface area contributed by atoms with Crippen LogP contribution in [0.1, 0.15) is 48.2 Å². The summed E-state index contributed by atoms with van der Waals surface area (Å²) in [7, 11) is 0. The average Bonchev–Trinajstić information content (AvgIpc) is 3.33. The molecule has 1 saturated heterocycles. The molecule has 1 saturated carbocycles. The Morgan fingerprint density at radius 2 is 1.89 bits per heavy atom. The van der Waals surface area contributed by atoms with E-state index in [-0.39, 0.29) is 18.4 Å². The minimum atomic E-state index is 0.00516. The van der Waals surface area contributed by atoms with E-state index in [4.69, 9.17) is 0 Å². The first-order valence-electron chi connectivity index (χ1n) is 9.91. The Morgan fingerprint density at radius 3 is 2.48 bits per heavy atom. The predicted octanol–water partition coefficient (Wildman–Crippen LogP) is 2.54. The van der Waals surface area contributed by atoms with Crippen molar-refractivity contribution in [1.29, 1.82) is 0 Å². The summed E-state index contributed by atoms with van der Waals surface area (Å²) in [6.07, 6.45) is 4.83. The number of hydrogen-bond donors (Lipinski definition) is 1. The fourth-order valence-electron chi connectivity index (χ4n) is 4.10. The molecular formula is C21H28N4O2. The second-order valence-electron chi connectivity index (χ2n) is 8.24. The zero-order valence-electron chi connectivity index (χ0n) is 16.2. The topological polar surface area (TPSA) is 71.3 Å². The summed E-state index contributed by atoms with van der Waals surface area (Å²) < 4.78 is 4.66. The molecule has 6 heteroatoms. The van der Waals surface area contributed by atoms with Crippen molar-refractivity contribution >= 4 is 5.91 Å². The van der Waals surface area contributed by atoms with Gasteiger partial charge >= 0.3 is 0 Å². The largest absolute Gasteiger partial charge is 0.353 e. The number of nitrogens with one attached hydrogen (secondary N) is 1.